The number of nitrogens with two attached hydrogens (primary N) is 1. The van der Waals surface area contributed by atoms with Gasteiger partial charge >= 0.3 is 0 Å². The maximum absolute atomic E-state index is 6.23. The van der Waals surface area contributed by atoms with Gasteiger partial charge in [0.2, 0.25) is 0 Å². The molecular formula is C12H22N4S. The molecule has 0 aromatic carbocycles. The third kappa shape index (κ3) is 3.22. The van der Waals surface area contributed by atoms with Crippen molar-refractivity contribution in [2.45, 2.75) is 55.5 Å². The zero-order chi connectivity index (χ0) is 12.3. The number of thioether (sulfide) groups is 1. The Morgan fingerprint density at radius 1 is 1.53 bits per heavy atom. The molecule has 2 rings (SSSR count). The van der Waals surface area contributed by atoms with E-state index in [0.717, 1.165) is 17.5 Å². The summed E-state index contributed by atoms with van der Waals surface area (Å²) >= 11 is 1.80. The second-order valence-electron chi connectivity index (χ2n) is 4.95. The highest BCUT2D eigenvalue weighted by molar-refractivity contribution is 7.99. The summed E-state index contributed by atoms with van der Waals surface area (Å²) in [5, 5.41) is 5.60. The van der Waals surface area contributed by atoms with E-state index in [1.54, 1.807) is 18.1 Å². The smallest absolute Gasteiger partial charge is 0.186 e. The van der Waals surface area contributed by atoms with Gasteiger partial charge in [-0.2, -0.15) is 5.10 Å². The van der Waals surface area contributed by atoms with Gasteiger partial charge in [-0.1, -0.05) is 31.5 Å². The number of hydrogen-bond acceptors (Lipinski definition) is 4. The van der Waals surface area contributed by atoms with Crippen LogP contribution in [0.1, 0.15) is 39.0 Å². The summed E-state index contributed by atoms with van der Waals surface area (Å²) in [5.41, 5.74) is 6.23. The van der Waals surface area contributed by atoms with Crippen LogP contribution in [0.4, 0.5) is 0 Å². The van der Waals surface area contributed by atoms with Crippen molar-refractivity contribution in [3.63, 3.8) is 0 Å². The van der Waals surface area contributed by atoms with Gasteiger partial charge < -0.3 is 5.73 Å². The third-order valence-corrected chi connectivity index (χ3v) is 5.00. The minimum Gasteiger partial charge on any atom is -0.327 e. The van der Waals surface area contributed by atoms with E-state index in [2.05, 4.69) is 17.0 Å². The Kier molecular flexibility index (Phi) is 4.45. The van der Waals surface area contributed by atoms with Crippen molar-refractivity contribution in [1.29, 1.82) is 0 Å². The maximum atomic E-state index is 6.23. The molecular weight excluding hydrogens is 232 g/mol. The van der Waals surface area contributed by atoms with Crippen LogP contribution in [0.5, 0.6) is 0 Å². The minimum absolute atomic E-state index is 0.310. The second-order valence-corrected chi connectivity index (χ2v) is 6.16. The van der Waals surface area contributed by atoms with Gasteiger partial charge in [0, 0.05) is 18.3 Å². The Morgan fingerprint density at radius 3 is 3.00 bits per heavy atom. The zero-order valence-electron chi connectivity index (χ0n) is 10.7. The van der Waals surface area contributed by atoms with Gasteiger partial charge in [-0.15, -0.1) is 0 Å². The van der Waals surface area contributed by atoms with E-state index in [4.69, 9.17) is 5.73 Å². The first-order valence-electron chi connectivity index (χ1n) is 6.47. The first-order valence-corrected chi connectivity index (χ1v) is 7.35. The molecule has 4 nitrogen and oxygen atoms in total. The fourth-order valence-electron chi connectivity index (χ4n) is 2.57. The highest BCUT2D eigenvalue weighted by Crippen LogP contribution is 2.36. The highest BCUT2D eigenvalue weighted by Gasteiger charge is 2.29. The summed E-state index contributed by atoms with van der Waals surface area (Å²) in [6.45, 7) is 2.26. The zero-order valence-corrected chi connectivity index (χ0v) is 11.5. The molecule has 17 heavy (non-hydrogen) atoms. The van der Waals surface area contributed by atoms with Gasteiger partial charge in [0.05, 0.1) is 0 Å². The van der Waals surface area contributed by atoms with Crippen molar-refractivity contribution in [1.82, 2.24) is 14.8 Å². The molecule has 0 aliphatic heterocycles. The first-order chi connectivity index (χ1) is 8.20. The molecule has 1 aromatic rings. The second kappa shape index (κ2) is 5.87. The number of aryl methyl sites for hydroxylation is 1. The number of rotatable bonds is 4. The van der Waals surface area contributed by atoms with E-state index in [9.17, 15) is 0 Å². The standard InChI is InChI=1S/C12H22N4S/c1-3-4-9-5-6-10(13)11(7-9)17-12-14-8-15-16(12)2/h8-11H,3-7,13H2,1-2H3. The fraction of sp³-hybridized carbons (Fsp3) is 0.833. The van der Waals surface area contributed by atoms with E-state index in [1.165, 1.54) is 25.7 Å². The minimum atomic E-state index is 0.310. The van der Waals surface area contributed by atoms with E-state index >= 15 is 0 Å². The summed E-state index contributed by atoms with van der Waals surface area (Å²) in [6.07, 6.45) is 7.90. The van der Waals surface area contributed by atoms with Crippen LogP contribution in [0, 0.1) is 5.92 Å². The Labute approximate surface area is 107 Å². The molecule has 3 unspecified atom stereocenters. The Morgan fingerprint density at radius 2 is 2.35 bits per heavy atom. The van der Waals surface area contributed by atoms with Gasteiger partial charge in [-0.25, -0.2) is 9.67 Å². The molecule has 1 aliphatic carbocycles. The van der Waals surface area contributed by atoms with Crippen LogP contribution in [-0.2, 0) is 7.05 Å². The topological polar surface area (TPSA) is 56.7 Å². The molecule has 0 bridgehead atoms. The predicted octanol–water partition coefficient (Wildman–Crippen LogP) is 2.20. The van der Waals surface area contributed by atoms with E-state index in [-0.39, 0.29) is 0 Å². The van der Waals surface area contributed by atoms with Crippen LogP contribution in [0.3, 0.4) is 0 Å². The average molecular weight is 254 g/mol. The molecule has 96 valence electrons. The summed E-state index contributed by atoms with van der Waals surface area (Å²) < 4.78 is 1.83. The summed E-state index contributed by atoms with van der Waals surface area (Å²) in [5.74, 6) is 0.852. The Bertz CT molecular complexity index is 352. The van der Waals surface area contributed by atoms with Crippen molar-refractivity contribution < 1.29 is 0 Å². The highest BCUT2D eigenvalue weighted by atomic mass is 32.2. The van der Waals surface area contributed by atoms with Gasteiger partial charge in [0.25, 0.3) is 0 Å². The van der Waals surface area contributed by atoms with Gasteiger partial charge in [-0.3, -0.25) is 0 Å². The lowest BCUT2D eigenvalue weighted by Gasteiger charge is -2.33. The number of hydrogen-bond donors (Lipinski definition) is 1. The monoisotopic (exact) mass is 254 g/mol. The molecule has 0 spiro atoms. The lowest BCUT2D eigenvalue weighted by molar-refractivity contribution is 0.316. The molecule has 5 heteroatoms. The van der Waals surface area contributed by atoms with E-state index < -0.39 is 0 Å². The molecule has 1 saturated carbocycles. The van der Waals surface area contributed by atoms with E-state index in [1.807, 2.05) is 11.7 Å². The lowest BCUT2D eigenvalue weighted by atomic mass is 9.83. The van der Waals surface area contributed by atoms with Crippen molar-refractivity contribution in [2.75, 3.05) is 0 Å². The summed E-state index contributed by atoms with van der Waals surface area (Å²) in [7, 11) is 1.94. The normalized spacial score (nSPS) is 29.5. The van der Waals surface area contributed by atoms with Crippen molar-refractivity contribution in [3.8, 4) is 0 Å². The van der Waals surface area contributed by atoms with Crippen LogP contribution in [-0.4, -0.2) is 26.1 Å². The van der Waals surface area contributed by atoms with Crippen LogP contribution in [0.15, 0.2) is 11.5 Å². The Hall–Kier alpha value is -0.550. The number of aromatic nitrogens is 3. The first kappa shape index (κ1) is 12.9. The van der Waals surface area contributed by atoms with Crippen LogP contribution < -0.4 is 5.73 Å². The maximum Gasteiger partial charge on any atom is 0.186 e. The fourth-order valence-corrected chi connectivity index (χ4v) is 3.83. The van der Waals surface area contributed by atoms with Gasteiger partial charge in [0.1, 0.15) is 6.33 Å². The van der Waals surface area contributed by atoms with Crippen LogP contribution in [0.25, 0.3) is 0 Å². The third-order valence-electron chi connectivity index (χ3n) is 3.57. The summed E-state index contributed by atoms with van der Waals surface area (Å²) in [6, 6.07) is 0.310. The van der Waals surface area contributed by atoms with Crippen molar-refractivity contribution in [3.05, 3.63) is 6.33 Å². The molecule has 1 fully saturated rings. The van der Waals surface area contributed by atoms with Crippen molar-refractivity contribution >= 4 is 11.8 Å². The molecule has 0 amide bonds. The quantitative estimate of drug-likeness (QED) is 0.895. The predicted molar refractivity (Wildman–Crippen MR) is 70.9 cm³/mol. The van der Waals surface area contributed by atoms with Gasteiger partial charge in [0.15, 0.2) is 5.16 Å². The SMILES string of the molecule is CCCC1CCC(N)C(Sc2ncnn2C)C1. The van der Waals surface area contributed by atoms with Crippen LogP contribution in [0.2, 0.25) is 0 Å². The molecule has 2 N–H and O–H groups in total. The number of nitrogens with zero attached hydrogens (tertiary/aromatic N) is 3. The average Bonchev–Trinajstić information content (AvgIpc) is 2.70. The Balaban J connectivity index is 1.96. The molecule has 1 heterocycles. The molecule has 0 radical (unpaired) electrons. The molecule has 3 atom stereocenters. The molecule has 0 saturated heterocycles. The van der Waals surface area contributed by atoms with E-state index in [0.29, 0.717) is 11.3 Å². The van der Waals surface area contributed by atoms with Gasteiger partial charge in [-0.05, 0) is 25.2 Å². The molecule has 1 aromatic heterocycles. The van der Waals surface area contributed by atoms with Crippen molar-refractivity contribution in [2.24, 2.45) is 18.7 Å². The van der Waals surface area contributed by atoms with Crippen LogP contribution >= 0.6 is 11.8 Å². The lowest BCUT2D eigenvalue weighted by Crippen LogP contribution is -2.38. The largest absolute Gasteiger partial charge is 0.327 e. The molecule has 1 aliphatic rings. The summed E-state index contributed by atoms with van der Waals surface area (Å²) in [4.78, 5) is 4.27.